The largest absolute Gasteiger partial charge is 0.488 e. The number of hydrogen-bond acceptors (Lipinski definition) is 2. The van der Waals surface area contributed by atoms with Gasteiger partial charge in [0.1, 0.15) is 24.2 Å². The third-order valence-corrected chi connectivity index (χ3v) is 14.6. The summed E-state index contributed by atoms with van der Waals surface area (Å²) in [5.74, 6) is 1.72. The van der Waals surface area contributed by atoms with Crippen LogP contribution in [0.15, 0.2) is 170 Å². The lowest BCUT2D eigenvalue weighted by Crippen LogP contribution is -2.17. The van der Waals surface area contributed by atoms with Crippen molar-refractivity contribution in [1.82, 2.24) is 0 Å². The fourth-order valence-corrected chi connectivity index (χ4v) is 10.8. The highest BCUT2D eigenvalue weighted by Crippen LogP contribution is 2.47. The van der Waals surface area contributed by atoms with Crippen LogP contribution in [0, 0.1) is 27.7 Å². The molecule has 0 fully saturated rings. The van der Waals surface area contributed by atoms with Gasteiger partial charge in [-0.05, 0) is 98.4 Å². The Kier molecular flexibility index (Phi) is 10.6. The molecule has 0 spiro atoms. The van der Waals surface area contributed by atoms with Crippen molar-refractivity contribution in [2.45, 2.75) is 27.7 Å². The van der Waals surface area contributed by atoms with E-state index in [2.05, 4.69) is 198 Å². The van der Waals surface area contributed by atoms with Crippen molar-refractivity contribution in [3.05, 3.63) is 192 Å². The average Bonchev–Trinajstić information content (AvgIpc) is 3.20. The van der Waals surface area contributed by atoms with Gasteiger partial charge in [-0.15, -0.1) is 0 Å². The van der Waals surface area contributed by atoms with Crippen LogP contribution in [-0.4, -0.2) is 12.7 Å². The maximum Gasteiger partial charge on any atom is 0.128 e. The van der Waals surface area contributed by atoms with Crippen molar-refractivity contribution >= 4 is 58.6 Å². The van der Waals surface area contributed by atoms with Gasteiger partial charge in [-0.2, -0.15) is 0 Å². The lowest BCUT2D eigenvalue weighted by molar-refractivity contribution is 0.386. The van der Waals surface area contributed by atoms with Crippen molar-refractivity contribution in [2.75, 3.05) is 12.7 Å². The number of ether oxygens (including phenoxy) is 2. The van der Waals surface area contributed by atoms with Crippen molar-refractivity contribution < 1.29 is 9.47 Å². The molecule has 0 bridgehead atoms. The summed E-state index contributed by atoms with van der Waals surface area (Å²) in [6.45, 7) is 8.57. The number of rotatable bonds is 11. The minimum absolute atomic E-state index is 0.555. The molecule has 0 saturated heterocycles. The van der Waals surface area contributed by atoms with Gasteiger partial charge < -0.3 is 9.47 Å². The van der Waals surface area contributed by atoms with Crippen LogP contribution in [0.3, 0.4) is 0 Å². The predicted octanol–water partition coefficient (Wildman–Crippen LogP) is 11.8. The zero-order valence-corrected chi connectivity index (χ0v) is 33.1. The number of aryl methyl sites for hydroxylation is 4. The maximum absolute atomic E-state index is 7.10. The molecule has 0 aromatic heterocycles. The van der Waals surface area contributed by atoms with E-state index in [0.29, 0.717) is 12.7 Å². The third kappa shape index (κ3) is 7.69. The first-order chi connectivity index (χ1) is 26.4. The Balaban J connectivity index is 1.24. The van der Waals surface area contributed by atoms with Gasteiger partial charge in [0.05, 0.1) is 0 Å². The van der Waals surface area contributed by atoms with Crippen LogP contribution in [0.2, 0.25) is 0 Å². The minimum atomic E-state index is -0.789. The van der Waals surface area contributed by atoms with Crippen LogP contribution in [-0.2, 0) is 0 Å². The molecular weight excluding hydrogens is 694 g/mol. The molecule has 4 heteroatoms. The first kappa shape index (κ1) is 35.8. The van der Waals surface area contributed by atoms with Gasteiger partial charge in [0, 0.05) is 11.1 Å². The van der Waals surface area contributed by atoms with Gasteiger partial charge in [-0.1, -0.05) is 180 Å². The lowest BCUT2D eigenvalue weighted by Gasteiger charge is -2.24. The van der Waals surface area contributed by atoms with Crippen molar-refractivity contribution in [3.8, 4) is 22.6 Å². The maximum atomic E-state index is 7.10. The Bertz CT molecular complexity index is 2250. The summed E-state index contributed by atoms with van der Waals surface area (Å²) in [6, 6.07) is 61.8. The summed E-state index contributed by atoms with van der Waals surface area (Å²) in [5, 5.41) is 9.83. The van der Waals surface area contributed by atoms with E-state index in [1.807, 2.05) is 0 Å². The standard InChI is InChI=1S/C50H44O2P2/c1-35-13-23-41(24-14-35)53(42-25-15-36(2)16-26-42)33-51-47-31-21-39-9-5-7-11-45(39)49(47)50-46-12-8-6-10-40(46)22-32-48(50)52-34-54(43-27-17-37(3)18-28-43)44-29-19-38(4)20-30-44/h5-32H,33-34H2,1-4H3. The number of hydrogen-bond donors (Lipinski definition) is 0. The summed E-state index contributed by atoms with van der Waals surface area (Å²) in [4.78, 5) is 0. The molecule has 266 valence electrons. The van der Waals surface area contributed by atoms with Crippen LogP contribution in [0.25, 0.3) is 32.7 Å². The Morgan fingerprint density at radius 3 is 0.944 bits per heavy atom. The Labute approximate surface area is 321 Å². The summed E-state index contributed by atoms with van der Waals surface area (Å²) in [7, 11) is -1.58. The Morgan fingerprint density at radius 1 is 0.333 bits per heavy atom. The quantitative estimate of drug-likeness (QED) is 0.123. The van der Waals surface area contributed by atoms with Crippen molar-refractivity contribution in [1.29, 1.82) is 0 Å². The summed E-state index contributed by atoms with van der Waals surface area (Å²) >= 11 is 0. The smallest absolute Gasteiger partial charge is 0.128 e. The van der Waals surface area contributed by atoms with Crippen LogP contribution >= 0.6 is 15.8 Å². The van der Waals surface area contributed by atoms with E-state index >= 15 is 0 Å². The molecule has 0 saturated carbocycles. The molecular formula is C50H44O2P2. The number of fused-ring (bicyclic) bond motifs is 2. The molecule has 8 aromatic rings. The van der Waals surface area contributed by atoms with E-state index < -0.39 is 15.8 Å². The molecule has 0 aliphatic heterocycles. The van der Waals surface area contributed by atoms with Crippen molar-refractivity contribution in [2.24, 2.45) is 0 Å². The zero-order valence-electron chi connectivity index (χ0n) is 31.3. The van der Waals surface area contributed by atoms with E-state index in [-0.39, 0.29) is 0 Å². The summed E-state index contributed by atoms with van der Waals surface area (Å²) in [5.41, 5.74) is 7.16. The van der Waals surface area contributed by atoms with E-state index in [9.17, 15) is 0 Å². The third-order valence-electron chi connectivity index (χ3n) is 10.1. The van der Waals surface area contributed by atoms with E-state index in [1.165, 1.54) is 54.2 Å². The first-order valence-corrected chi connectivity index (χ1v) is 21.6. The van der Waals surface area contributed by atoms with E-state index in [4.69, 9.17) is 9.47 Å². The van der Waals surface area contributed by atoms with Gasteiger partial charge in [0.15, 0.2) is 0 Å². The zero-order chi connectivity index (χ0) is 37.0. The van der Waals surface area contributed by atoms with Crippen molar-refractivity contribution in [3.63, 3.8) is 0 Å². The molecule has 54 heavy (non-hydrogen) atoms. The molecule has 0 atom stereocenters. The van der Waals surface area contributed by atoms with Gasteiger partial charge in [0.2, 0.25) is 0 Å². The molecule has 2 nitrogen and oxygen atoms in total. The molecule has 8 rings (SSSR count). The molecule has 0 N–H and O–H groups in total. The second-order valence-electron chi connectivity index (χ2n) is 14.1. The average molecular weight is 739 g/mol. The van der Waals surface area contributed by atoms with E-state index in [1.54, 1.807) is 0 Å². The van der Waals surface area contributed by atoms with Gasteiger partial charge in [-0.25, -0.2) is 0 Å². The molecule has 0 radical (unpaired) electrons. The SMILES string of the molecule is Cc1ccc(P(COc2ccc3ccccc3c2-c2c(OCP(c3ccc(C)cc3)c3ccc(C)cc3)ccc3ccccc23)c2ccc(C)cc2)cc1. The predicted molar refractivity (Wildman–Crippen MR) is 235 cm³/mol. The highest BCUT2D eigenvalue weighted by Gasteiger charge is 2.23. The normalized spacial score (nSPS) is 11.4. The molecule has 8 aromatic carbocycles. The van der Waals surface area contributed by atoms with E-state index in [0.717, 1.165) is 33.4 Å². The second kappa shape index (κ2) is 16.0. The topological polar surface area (TPSA) is 18.5 Å². The van der Waals surface area contributed by atoms with Gasteiger partial charge >= 0.3 is 0 Å². The highest BCUT2D eigenvalue weighted by molar-refractivity contribution is 7.73. The van der Waals surface area contributed by atoms with Crippen LogP contribution in [0.1, 0.15) is 22.3 Å². The summed E-state index contributed by atoms with van der Waals surface area (Å²) in [6.07, 6.45) is 1.11. The number of benzene rings is 8. The fraction of sp³-hybridized carbons (Fsp3) is 0.120. The molecule has 0 amide bonds. The lowest BCUT2D eigenvalue weighted by atomic mass is 9.92. The van der Waals surface area contributed by atoms with Gasteiger partial charge in [-0.3, -0.25) is 0 Å². The first-order valence-electron chi connectivity index (χ1n) is 18.5. The van der Waals surface area contributed by atoms with Gasteiger partial charge in [0.25, 0.3) is 0 Å². The molecule has 0 aliphatic carbocycles. The fourth-order valence-electron chi connectivity index (χ4n) is 7.02. The molecule has 0 aliphatic rings. The summed E-state index contributed by atoms with van der Waals surface area (Å²) < 4.78 is 14.2. The Morgan fingerprint density at radius 2 is 0.630 bits per heavy atom. The second-order valence-corrected chi connectivity index (χ2v) is 18.4. The minimum Gasteiger partial charge on any atom is -0.488 e. The van der Waals surface area contributed by atoms with Crippen LogP contribution < -0.4 is 30.7 Å². The highest BCUT2D eigenvalue weighted by atomic mass is 31.1. The van der Waals surface area contributed by atoms with Crippen LogP contribution in [0.5, 0.6) is 11.5 Å². The van der Waals surface area contributed by atoms with Crippen LogP contribution in [0.4, 0.5) is 0 Å². The monoisotopic (exact) mass is 738 g/mol. The Hall–Kier alpha value is -5.26. The molecule has 0 heterocycles. The molecule has 0 unspecified atom stereocenters.